The minimum Gasteiger partial charge on any atom is -0.493 e. The van der Waals surface area contributed by atoms with Crippen molar-refractivity contribution in [1.29, 1.82) is 0 Å². The zero-order chi connectivity index (χ0) is 21.1. The lowest BCUT2D eigenvalue weighted by atomic mass is 10.1. The first-order valence-corrected chi connectivity index (χ1v) is 10.9. The van der Waals surface area contributed by atoms with Gasteiger partial charge in [-0.1, -0.05) is 45.2 Å². The van der Waals surface area contributed by atoms with E-state index in [1.54, 1.807) is 13.2 Å². The van der Waals surface area contributed by atoms with Gasteiger partial charge in [0.25, 0.3) is 0 Å². The van der Waals surface area contributed by atoms with Crippen molar-refractivity contribution in [2.24, 2.45) is 0 Å². The molecule has 2 rings (SSSR count). The first-order chi connectivity index (χ1) is 14.1. The van der Waals surface area contributed by atoms with Crippen LogP contribution in [0.25, 0.3) is 6.08 Å². The maximum Gasteiger partial charge on any atom is 0.248 e. The molecule has 0 atom stereocenters. The summed E-state index contributed by atoms with van der Waals surface area (Å²) in [5.74, 6) is 1.21. The number of hydrogen-bond acceptors (Lipinski definition) is 3. The van der Waals surface area contributed by atoms with E-state index >= 15 is 0 Å². The van der Waals surface area contributed by atoms with E-state index in [2.05, 4.69) is 35.1 Å². The van der Waals surface area contributed by atoms with Crippen LogP contribution in [-0.4, -0.2) is 19.6 Å². The zero-order valence-corrected chi connectivity index (χ0v) is 19.1. The van der Waals surface area contributed by atoms with Gasteiger partial charge >= 0.3 is 0 Å². The molecule has 0 saturated carbocycles. The molecule has 1 N–H and O–H groups in total. The highest BCUT2D eigenvalue weighted by atomic mass is 79.9. The van der Waals surface area contributed by atoms with Gasteiger partial charge in [-0.2, -0.15) is 0 Å². The number of methoxy groups -OCH3 is 1. The summed E-state index contributed by atoms with van der Waals surface area (Å²) in [6, 6.07) is 11.6. The van der Waals surface area contributed by atoms with E-state index in [0.29, 0.717) is 12.4 Å². The molecule has 0 aliphatic carbocycles. The van der Waals surface area contributed by atoms with Gasteiger partial charge in [0, 0.05) is 10.5 Å². The summed E-state index contributed by atoms with van der Waals surface area (Å²) >= 11 is 3.50. The number of aryl methyl sites for hydroxylation is 1. The summed E-state index contributed by atoms with van der Waals surface area (Å²) in [5, 5.41) is 2.89. The number of halogens is 1. The van der Waals surface area contributed by atoms with Crippen molar-refractivity contribution in [3.63, 3.8) is 0 Å². The van der Waals surface area contributed by atoms with Crippen molar-refractivity contribution < 1.29 is 14.3 Å². The van der Waals surface area contributed by atoms with Crippen molar-refractivity contribution in [2.45, 2.75) is 46.0 Å². The van der Waals surface area contributed by atoms with Gasteiger partial charge in [0.15, 0.2) is 11.5 Å². The molecule has 0 heterocycles. The lowest BCUT2D eigenvalue weighted by Crippen LogP contribution is -2.08. The van der Waals surface area contributed by atoms with Crippen LogP contribution in [0.4, 0.5) is 5.69 Å². The maximum atomic E-state index is 12.3. The molecule has 4 nitrogen and oxygen atoms in total. The number of ether oxygens (including phenoxy) is 2. The van der Waals surface area contributed by atoms with Crippen LogP contribution in [-0.2, 0) is 11.2 Å². The van der Waals surface area contributed by atoms with Crippen molar-refractivity contribution >= 4 is 33.6 Å². The molecule has 0 spiro atoms. The van der Waals surface area contributed by atoms with Crippen LogP contribution >= 0.6 is 15.9 Å². The van der Waals surface area contributed by atoms with E-state index in [4.69, 9.17) is 9.47 Å². The molecule has 29 heavy (non-hydrogen) atoms. The third-order valence-corrected chi connectivity index (χ3v) is 5.23. The van der Waals surface area contributed by atoms with Crippen LogP contribution in [0.2, 0.25) is 0 Å². The molecule has 5 heteroatoms. The fourth-order valence-corrected chi connectivity index (χ4v) is 3.37. The Bertz CT molecular complexity index is 833. The summed E-state index contributed by atoms with van der Waals surface area (Å²) in [4.78, 5) is 12.3. The molecule has 1 amide bonds. The number of nitrogens with one attached hydrogen (secondary N) is 1. The third-order valence-electron chi connectivity index (χ3n) is 4.57. The lowest BCUT2D eigenvalue weighted by Gasteiger charge is -2.11. The van der Waals surface area contributed by atoms with Crippen molar-refractivity contribution in [3.05, 3.63) is 58.1 Å². The highest BCUT2D eigenvalue weighted by Gasteiger charge is 2.06. The van der Waals surface area contributed by atoms with Crippen LogP contribution in [0.1, 0.15) is 50.7 Å². The minimum absolute atomic E-state index is 0.190. The standard InChI is InChI=1S/C24H30BrNO3/c1-4-6-7-8-15-29-22-13-10-19(17-23(22)28-3)11-14-24(27)26-21-12-9-18(5-2)16-20(21)25/h9-14,16-17H,4-8,15H2,1-3H3,(H,26,27)/b14-11+. The van der Waals surface area contributed by atoms with E-state index in [9.17, 15) is 4.79 Å². The van der Waals surface area contributed by atoms with Gasteiger partial charge in [-0.05, 0) is 70.2 Å². The molecule has 0 bridgehead atoms. The van der Waals surface area contributed by atoms with E-state index in [-0.39, 0.29) is 5.91 Å². The second kappa shape index (κ2) is 12.3. The van der Waals surface area contributed by atoms with Gasteiger partial charge in [0.1, 0.15) is 0 Å². The number of carbonyl (C=O) groups is 1. The maximum absolute atomic E-state index is 12.3. The predicted octanol–water partition coefficient (Wildman–Crippen LogP) is 6.63. The first-order valence-electron chi connectivity index (χ1n) is 10.2. The van der Waals surface area contributed by atoms with Crippen LogP contribution in [0, 0.1) is 0 Å². The van der Waals surface area contributed by atoms with Gasteiger partial charge in [-0.3, -0.25) is 4.79 Å². The van der Waals surface area contributed by atoms with Gasteiger partial charge in [0.2, 0.25) is 5.91 Å². The Hall–Kier alpha value is -2.27. The van der Waals surface area contributed by atoms with E-state index < -0.39 is 0 Å². The Morgan fingerprint density at radius 2 is 1.90 bits per heavy atom. The van der Waals surface area contributed by atoms with Crippen molar-refractivity contribution in [3.8, 4) is 11.5 Å². The summed E-state index contributed by atoms with van der Waals surface area (Å²) in [6.07, 6.45) is 8.87. The topological polar surface area (TPSA) is 47.6 Å². The Labute approximate surface area is 182 Å². The second-order valence-corrected chi connectivity index (χ2v) is 7.66. The summed E-state index contributed by atoms with van der Waals surface area (Å²) < 4.78 is 12.1. The van der Waals surface area contributed by atoms with Crippen LogP contribution in [0.15, 0.2) is 46.9 Å². The number of amides is 1. The summed E-state index contributed by atoms with van der Waals surface area (Å²) in [5.41, 5.74) is 2.84. The Kier molecular flexibility index (Phi) is 9.78. The number of unbranched alkanes of at least 4 members (excludes halogenated alkanes) is 3. The Morgan fingerprint density at radius 1 is 1.07 bits per heavy atom. The number of anilines is 1. The Balaban J connectivity index is 1.96. The molecule has 0 radical (unpaired) electrons. The average Bonchev–Trinajstić information content (AvgIpc) is 2.74. The van der Waals surface area contributed by atoms with E-state index in [1.807, 2.05) is 36.4 Å². The molecule has 0 unspecified atom stereocenters. The van der Waals surface area contributed by atoms with Gasteiger partial charge in [-0.15, -0.1) is 0 Å². The predicted molar refractivity (Wildman–Crippen MR) is 124 cm³/mol. The molecule has 0 saturated heterocycles. The number of benzene rings is 2. The highest BCUT2D eigenvalue weighted by molar-refractivity contribution is 9.10. The lowest BCUT2D eigenvalue weighted by molar-refractivity contribution is -0.111. The molecule has 2 aromatic rings. The fourth-order valence-electron chi connectivity index (χ4n) is 2.84. The van der Waals surface area contributed by atoms with Crippen molar-refractivity contribution in [2.75, 3.05) is 19.0 Å². The van der Waals surface area contributed by atoms with Crippen LogP contribution in [0.5, 0.6) is 11.5 Å². The van der Waals surface area contributed by atoms with Gasteiger partial charge < -0.3 is 14.8 Å². The molecule has 0 aliphatic heterocycles. The monoisotopic (exact) mass is 459 g/mol. The number of rotatable bonds is 11. The SMILES string of the molecule is CCCCCCOc1ccc(/C=C/C(=O)Nc2ccc(CC)cc2Br)cc1OC. The largest absolute Gasteiger partial charge is 0.493 e. The number of carbonyl (C=O) groups excluding carboxylic acids is 1. The summed E-state index contributed by atoms with van der Waals surface area (Å²) in [7, 11) is 1.62. The highest BCUT2D eigenvalue weighted by Crippen LogP contribution is 2.29. The Morgan fingerprint density at radius 3 is 2.59 bits per heavy atom. The van der Waals surface area contributed by atoms with Gasteiger partial charge in [0.05, 0.1) is 19.4 Å². The molecule has 0 aromatic heterocycles. The van der Waals surface area contributed by atoms with Crippen molar-refractivity contribution in [1.82, 2.24) is 0 Å². The molecule has 0 aliphatic rings. The fraction of sp³-hybridized carbons (Fsp3) is 0.375. The normalized spacial score (nSPS) is 10.9. The first kappa shape index (κ1) is 23.0. The third kappa shape index (κ3) is 7.58. The minimum atomic E-state index is -0.190. The second-order valence-electron chi connectivity index (χ2n) is 6.81. The number of hydrogen-bond donors (Lipinski definition) is 1. The molecular formula is C24H30BrNO3. The van der Waals surface area contributed by atoms with E-state index in [0.717, 1.165) is 34.3 Å². The zero-order valence-electron chi connectivity index (χ0n) is 17.5. The molecule has 0 fully saturated rings. The van der Waals surface area contributed by atoms with Crippen LogP contribution < -0.4 is 14.8 Å². The molecule has 156 valence electrons. The van der Waals surface area contributed by atoms with E-state index in [1.165, 1.54) is 30.9 Å². The molecular weight excluding hydrogens is 430 g/mol. The quantitative estimate of drug-likeness (QED) is 0.302. The molecule has 2 aromatic carbocycles. The van der Waals surface area contributed by atoms with Crippen LogP contribution in [0.3, 0.4) is 0 Å². The smallest absolute Gasteiger partial charge is 0.248 e. The average molecular weight is 460 g/mol. The summed E-state index contributed by atoms with van der Waals surface area (Å²) in [6.45, 7) is 4.97. The van der Waals surface area contributed by atoms with Gasteiger partial charge in [-0.25, -0.2) is 0 Å².